The number of halogens is 1. The average Bonchev–Trinajstić information content (AvgIpc) is 2.72. The number of aromatic amines is 1. The van der Waals surface area contributed by atoms with E-state index in [9.17, 15) is 14.4 Å². The molecule has 33 heavy (non-hydrogen) atoms. The van der Waals surface area contributed by atoms with Crippen molar-refractivity contribution in [2.75, 3.05) is 10.6 Å². The third-order valence-corrected chi connectivity index (χ3v) is 6.19. The monoisotopic (exact) mass is 485 g/mol. The van der Waals surface area contributed by atoms with Crippen LogP contribution in [0.4, 0.5) is 11.4 Å². The molecular formula is C23H24ClN5O3S. The SMILES string of the molecule is CC(=O)Nc1c(C)cc(C)cc1-c1nnc(S[C@H](C)C(=O)Nc2ccc(C)c(Cl)c2)[nH]c1=O. The van der Waals surface area contributed by atoms with Gasteiger partial charge in [0, 0.05) is 23.2 Å². The van der Waals surface area contributed by atoms with Gasteiger partial charge in [-0.15, -0.1) is 10.2 Å². The van der Waals surface area contributed by atoms with E-state index in [0.29, 0.717) is 22.0 Å². The predicted octanol–water partition coefficient (Wildman–Crippen LogP) is 4.49. The minimum atomic E-state index is -0.558. The molecule has 8 nitrogen and oxygen atoms in total. The fourth-order valence-electron chi connectivity index (χ4n) is 3.18. The molecule has 2 amide bonds. The predicted molar refractivity (Wildman–Crippen MR) is 132 cm³/mol. The van der Waals surface area contributed by atoms with Gasteiger partial charge in [0.15, 0.2) is 10.9 Å². The van der Waals surface area contributed by atoms with Gasteiger partial charge >= 0.3 is 0 Å². The fourth-order valence-corrected chi connectivity index (χ4v) is 4.10. The molecule has 1 aromatic heterocycles. The van der Waals surface area contributed by atoms with Gasteiger partial charge in [-0.25, -0.2) is 0 Å². The lowest BCUT2D eigenvalue weighted by atomic mass is 10.0. The molecule has 1 heterocycles. The van der Waals surface area contributed by atoms with Crippen LogP contribution < -0.4 is 16.2 Å². The second kappa shape index (κ2) is 10.2. The van der Waals surface area contributed by atoms with E-state index in [1.54, 1.807) is 25.1 Å². The smallest absolute Gasteiger partial charge is 0.278 e. The largest absolute Gasteiger partial charge is 0.325 e. The van der Waals surface area contributed by atoms with Crippen LogP contribution in [0.15, 0.2) is 40.3 Å². The molecule has 3 N–H and O–H groups in total. The summed E-state index contributed by atoms with van der Waals surface area (Å²) in [5.41, 5.74) is 3.82. The summed E-state index contributed by atoms with van der Waals surface area (Å²) in [6, 6.07) is 8.94. The van der Waals surface area contributed by atoms with E-state index in [0.717, 1.165) is 28.5 Å². The molecule has 0 aliphatic heterocycles. The zero-order valence-electron chi connectivity index (χ0n) is 18.9. The molecule has 0 bridgehead atoms. The van der Waals surface area contributed by atoms with Crippen molar-refractivity contribution in [1.82, 2.24) is 15.2 Å². The van der Waals surface area contributed by atoms with Crippen LogP contribution in [-0.2, 0) is 9.59 Å². The summed E-state index contributed by atoms with van der Waals surface area (Å²) in [6.07, 6.45) is 0. The van der Waals surface area contributed by atoms with Crippen molar-refractivity contribution in [3.63, 3.8) is 0 Å². The number of benzene rings is 2. The summed E-state index contributed by atoms with van der Waals surface area (Å²) < 4.78 is 0. The summed E-state index contributed by atoms with van der Waals surface area (Å²) in [5.74, 6) is -0.525. The zero-order chi connectivity index (χ0) is 24.3. The fraction of sp³-hybridized carbons (Fsp3) is 0.261. The van der Waals surface area contributed by atoms with Crippen molar-refractivity contribution < 1.29 is 9.59 Å². The first-order valence-corrected chi connectivity index (χ1v) is 11.4. The van der Waals surface area contributed by atoms with Gasteiger partial charge in [-0.05, 0) is 57.0 Å². The zero-order valence-corrected chi connectivity index (χ0v) is 20.4. The number of aryl methyl sites for hydroxylation is 3. The maximum Gasteiger partial charge on any atom is 0.278 e. The van der Waals surface area contributed by atoms with E-state index in [4.69, 9.17) is 11.6 Å². The summed E-state index contributed by atoms with van der Waals surface area (Å²) in [7, 11) is 0. The third kappa shape index (κ3) is 6.00. The van der Waals surface area contributed by atoms with Gasteiger partial charge in [-0.3, -0.25) is 19.4 Å². The Kier molecular flexibility index (Phi) is 7.55. The molecule has 2 aromatic carbocycles. The number of amides is 2. The number of thioether (sulfide) groups is 1. The Bertz CT molecular complexity index is 1290. The molecule has 0 unspecified atom stereocenters. The highest BCUT2D eigenvalue weighted by Crippen LogP contribution is 2.30. The highest BCUT2D eigenvalue weighted by atomic mass is 35.5. The summed E-state index contributed by atoms with van der Waals surface area (Å²) >= 11 is 7.18. The van der Waals surface area contributed by atoms with Gasteiger partial charge in [0.2, 0.25) is 11.8 Å². The molecule has 3 aromatic rings. The molecule has 0 spiro atoms. The molecule has 0 aliphatic carbocycles. The second-order valence-electron chi connectivity index (χ2n) is 7.71. The van der Waals surface area contributed by atoms with Crippen LogP contribution >= 0.6 is 23.4 Å². The van der Waals surface area contributed by atoms with Crippen molar-refractivity contribution in [3.8, 4) is 11.3 Å². The Morgan fingerprint density at radius 3 is 2.42 bits per heavy atom. The van der Waals surface area contributed by atoms with Gasteiger partial charge < -0.3 is 10.6 Å². The van der Waals surface area contributed by atoms with Crippen molar-refractivity contribution in [2.24, 2.45) is 0 Å². The topological polar surface area (TPSA) is 117 Å². The number of rotatable bonds is 6. The maximum absolute atomic E-state index is 12.8. The Morgan fingerprint density at radius 2 is 1.79 bits per heavy atom. The van der Waals surface area contributed by atoms with Crippen LogP contribution in [0.5, 0.6) is 0 Å². The number of H-pyrrole nitrogens is 1. The van der Waals surface area contributed by atoms with Gasteiger partial charge in [0.25, 0.3) is 5.56 Å². The second-order valence-corrected chi connectivity index (χ2v) is 9.44. The van der Waals surface area contributed by atoms with Gasteiger partial charge in [-0.2, -0.15) is 0 Å². The lowest BCUT2D eigenvalue weighted by Crippen LogP contribution is -2.24. The number of anilines is 2. The molecule has 172 valence electrons. The Hall–Kier alpha value is -3.17. The number of hydrogen-bond acceptors (Lipinski definition) is 6. The summed E-state index contributed by atoms with van der Waals surface area (Å²) in [5, 5.41) is 14.0. The first kappa shape index (κ1) is 24.5. The number of nitrogens with zero attached hydrogens (tertiary/aromatic N) is 2. The van der Waals surface area contributed by atoms with Gasteiger partial charge in [0.1, 0.15) is 0 Å². The lowest BCUT2D eigenvalue weighted by Gasteiger charge is -2.14. The van der Waals surface area contributed by atoms with Crippen molar-refractivity contribution in [3.05, 3.63) is 62.4 Å². The molecule has 3 rings (SSSR count). The van der Waals surface area contributed by atoms with E-state index >= 15 is 0 Å². The van der Waals surface area contributed by atoms with E-state index in [-0.39, 0.29) is 22.7 Å². The van der Waals surface area contributed by atoms with Crippen LogP contribution in [0.25, 0.3) is 11.3 Å². The van der Waals surface area contributed by atoms with Crippen molar-refractivity contribution >= 4 is 46.6 Å². The van der Waals surface area contributed by atoms with Crippen LogP contribution in [0.1, 0.15) is 30.5 Å². The first-order valence-electron chi connectivity index (χ1n) is 10.1. The highest BCUT2D eigenvalue weighted by molar-refractivity contribution is 8.00. The molecule has 0 aliphatic rings. The van der Waals surface area contributed by atoms with Crippen molar-refractivity contribution in [1.29, 1.82) is 0 Å². The van der Waals surface area contributed by atoms with Gasteiger partial charge in [0.05, 0.1) is 10.9 Å². The molecular weight excluding hydrogens is 462 g/mol. The number of aromatic nitrogens is 3. The number of hydrogen-bond donors (Lipinski definition) is 3. The Labute approximate surface area is 200 Å². The van der Waals surface area contributed by atoms with E-state index in [1.165, 1.54) is 6.92 Å². The third-order valence-electron chi connectivity index (χ3n) is 4.81. The summed E-state index contributed by atoms with van der Waals surface area (Å²) in [6.45, 7) is 8.71. The highest BCUT2D eigenvalue weighted by Gasteiger charge is 2.19. The van der Waals surface area contributed by atoms with E-state index < -0.39 is 10.8 Å². The quantitative estimate of drug-likeness (QED) is 0.443. The molecule has 0 saturated heterocycles. The molecule has 0 saturated carbocycles. The van der Waals surface area contributed by atoms with E-state index in [1.807, 2.05) is 32.9 Å². The van der Waals surface area contributed by atoms with Gasteiger partial charge in [-0.1, -0.05) is 41.1 Å². The normalized spacial score (nSPS) is 11.7. The molecule has 1 atom stereocenters. The number of carbonyl (C=O) groups is 2. The Morgan fingerprint density at radius 1 is 1.06 bits per heavy atom. The maximum atomic E-state index is 12.8. The van der Waals surface area contributed by atoms with Crippen LogP contribution in [0.2, 0.25) is 5.02 Å². The van der Waals surface area contributed by atoms with Crippen molar-refractivity contribution in [2.45, 2.75) is 45.0 Å². The molecule has 0 fully saturated rings. The number of nitrogens with one attached hydrogen (secondary N) is 3. The average molecular weight is 486 g/mol. The molecule has 0 radical (unpaired) electrons. The number of carbonyl (C=O) groups excluding carboxylic acids is 2. The Balaban J connectivity index is 1.81. The minimum absolute atomic E-state index is 0.0845. The lowest BCUT2D eigenvalue weighted by molar-refractivity contribution is -0.115. The standard InChI is InChI=1S/C23H24ClN5O3S/c1-11-8-13(3)19(25-15(5)30)17(9-11)20-22(32)27-23(29-28-20)33-14(4)21(31)26-16-7-6-12(2)18(24)10-16/h6-10,14H,1-5H3,(H,25,30)(H,26,31)(H,27,29,32)/t14-/m1/s1. The minimum Gasteiger partial charge on any atom is -0.325 e. The van der Waals surface area contributed by atoms with Crippen LogP contribution in [0, 0.1) is 20.8 Å². The van der Waals surface area contributed by atoms with E-state index in [2.05, 4.69) is 25.8 Å². The first-order chi connectivity index (χ1) is 15.5. The summed E-state index contributed by atoms with van der Waals surface area (Å²) in [4.78, 5) is 39.7. The van der Waals surface area contributed by atoms with Crippen LogP contribution in [0.3, 0.4) is 0 Å². The molecule has 10 heteroatoms. The van der Waals surface area contributed by atoms with Crippen LogP contribution in [-0.4, -0.2) is 32.2 Å².